The average molecular weight is 265 g/mol. The van der Waals surface area contributed by atoms with Crippen LogP contribution in [0.15, 0.2) is 18.2 Å². The average Bonchev–Trinajstić information content (AvgIpc) is 3.28. The van der Waals surface area contributed by atoms with Gasteiger partial charge in [-0.15, -0.1) is 0 Å². The zero-order valence-corrected chi connectivity index (χ0v) is 11.8. The summed E-state index contributed by atoms with van der Waals surface area (Å²) in [5.74, 6) is 1.97. The summed E-state index contributed by atoms with van der Waals surface area (Å²) >= 11 is 0. The van der Waals surface area contributed by atoms with Gasteiger partial charge in [-0.25, -0.2) is 0 Å². The van der Waals surface area contributed by atoms with Gasteiger partial charge >= 0.3 is 0 Å². The maximum atomic E-state index is 9.86. The Kier molecular flexibility index (Phi) is 4.66. The van der Waals surface area contributed by atoms with Crippen molar-refractivity contribution >= 4 is 0 Å². The summed E-state index contributed by atoms with van der Waals surface area (Å²) in [7, 11) is 3.27. The number of ether oxygens (including phenoxy) is 2. The molecule has 2 unspecified atom stereocenters. The first-order valence-electron chi connectivity index (χ1n) is 6.79. The van der Waals surface area contributed by atoms with Crippen LogP contribution >= 0.6 is 0 Å². The standard InChI is InChI=1S/C15H23NO3/c1-10(16-9-13(17)11-4-5-11)12-6-7-14(18-2)15(8-12)19-3/h6-8,10-11,13,16-17H,4-5,9H2,1-3H3. The topological polar surface area (TPSA) is 50.7 Å². The van der Waals surface area contributed by atoms with Gasteiger partial charge in [0.15, 0.2) is 11.5 Å². The van der Waals surface area contributed by atoms with Crippen molar-refractivity contribution in [1.29, 1.82) is 0 Å². The lowest BCUT2D eigenvalue weighted by Crippen LogP contribution is -2.30. The molecular formula is C15H23NO3. The van der Waals surface area contributed by atoms with E-state index in [1.807, 2.05) is 18.2 Å². The third-order valence-electron chi connectivity index (χ3n) is 3.71. The van der Waals surface area contributed by atoms with Crippen molar-refractivity contribution in [1.82, 2.24) is 5.32 Å². The molecule has 2 rings (SSSR count). The van der Waals surface area contributed by atoms with Gasteiger partial charge in [-0.05, 0) is 43.4 Å². The van der Waals surface area contributed by atoms with Gasteiger partial charge in [0.2, 0.25) is 0 Å². The van der Waals surface area contributed by atoms with Gasteiger partial charge in [-0.1, -0.05) is 6.07 Å². The SMILES string of the molecule is COc1ccc(C(C)NCC(O)C2CC2)cc1OC. The van der Waals surface area contributed by atoms with Crippen molar-refractivity contribution in [3.63, 3.8) is 0 Å². The highest BCUT2D eigenvalue weighted by atomic mass is 16.5. The van der Waals surface area contributed by atoms with E-state index in [1.54, 1.807) is 14.2 Å². The molecule has 0 radical (unpaired) electrons. The monoisotopic (exact) mass is 265 g/mol. The number of hydrogen-bond acceptors (Lipinski definition) is 4. The quantitative estimate of drug-likeness (QED) is 0.793. The van der Waals surface area contributed by atoms with Crippen LogP contribution in [0.4, 0.5) is 0 Å². The zero-order chi connectivity index (χ0) is 13.8. The predicted octanol–water partition coefficient (Wildman–Crippen LogP) is 2.13. The smallest absolute Gasteiger partial charge is 0.161 e. The van der Waals surface area contributed by atoms with Crippen LogP contribution < -0.4 is 14.8 Å². The van der Waals surface area contributed by atoms with Gasteiger partial charge < -0.3 is 19.9 Å². The van der Waals surface area contributed by atoms with Crippen LogP contribution in [0.5, 0.6) is 11.5 Å². The summed E-state index contributed by atoms with van der Waals surface area (Å²) in [6, 6.07) is 6.07. The molecule has 1 fully saturated rings. The summed E-state index contributed by atoms with van der Waals surface area (Å²) in [5, 5.41) is 13.2. The van der Waals surface area contributed by atoms with Crippen LogP contribution in [0.3, 0.4) is 0 Å². The fourth-order valence-corrected chi connectivity index (χ4v) is 2.19. The Bertz CT molecular complexity index is 418. The van der Waals surface area contributed by atoms with Crippen LogP contribution in [0, 0.1) is 5.92 Å². The molecule has 0 amide bonds. The Morgan fingerprint density at radius 2 is 1.95 bits per heavy atom. The molecule has 2 atom stereocenters. The number of rotatable bonds is 7. The largest absolute Gasteiger partial charge is 0.493 e. The first kappa shape index (κ1) is 14.2. The Labute approximate surface area is 114 Å². The Balaban J connectivity index is 1.95. The van der Waals surface area contributed by atoms with Crippen LogP contribution in [0.2, 0.25) is 0 Å². The molecule has 1 saturated carbocycles. The number of nitrogens with one attached hydrogen (secondary N) is 1. The highest BCUT2D eigenvalue weighted by Crippen LogP contribution is 2.33. The van der Waals surface area contributed by atoms with Gasteiger partial charge in [0.1, 0.15) is 0 Å². The van der Waals surface area contributed by atoms with Crippen molar-refractivity contribution in [3.05, 3.63) is 23.8 Å². The molecule has 4 nitrogen and oxygen atoms in total. The molecule has 0 bridgehead atoms. The first-order valence-corrected chi connectivity index (χ1v) is 6.79. The van der Waals surface area contributed by atoms with E-state index in [0.717, 1.165) is 29.9 Å². The number of hydrogen-bond donors (Lipinski definition) is 2. The van der Waals surface area contributed by atoms with Crippen molar-refractivity contribution in [2.75, 3.05) is 20.8 Å². The van der Waals surface area contributed by atoms with Crippen LogP contribution in [-0.2, 0) is 0 Å². The fraction of sp³-hybridized carbons (Fsp3) is 0.600. The second kappa shape index (κ2) is 6.26. The van der Waals surface area contributed by atoms with E-state index in [1.165, 1.54) is 0 Å². The lowest BCUT2D eigenvalue weighted by molar-refractivity contribution is 0.145. The van der Waals surface area contributed by atoms with Crippen molar-refractivity contribution < 1.29 is 14.6 Å². The lowest BCUT2D eigenvalue weighted by atomic mass is 10.1. The van der Waals surface area contributed by atoms with Crippen molar-refractivity contribution in [2.45, 2.75) is 31.9 Å². The summed E-state index contributed by atoms with van der Waals surface area (Å²) in [5.41, 5.74) is 1.13. The molecule has 0 heterocycles. The number of aliphatic hydroxyl groups excluding tert-OH is 1. The number of aliphatic hydroxyl groups is 1. The molecule has 0 aromatic heterocycles. The van der Waals surface area contributed by atoms with E-state index < -0.39 is 0 Å². The normalized spacial score (nSPS) is 17.9. The first-order chi connectivity index (χ1) is 9.15. The van der Waals surface area contributed by atoms with Gasteiger partial charge in [-0.3, -0.25) is 0 Å². The van der Waals surface area contributed by atoms with Gasteiger partial charge in [0.25, 0.3) is 0 Å². The minimum absolute atomic E-state index is 0.174. The minimum Gasteiger partial charge on any atom is -0.493 e. The van der Waals surface area contributed by atoms with Crippen LogP contribution in [0.1, 0.15) is 31.4 Å². The summed E-state index contributed by atoms with van der Waals surface area (Å²) in [6.45, 7) is 2.72. The molecule has 106 valence electrons. The molecule has 1 aliphatic rings. The second-order valence-electron chi connectivity index (χ2n) is 5.15. The van der Waals surface area contributed by atoms with Gasteiger partial charge in [-0.2, -0.15) is 0 Å². The molecule has 0 saturated heterocycles. The summed E-state index contributed by atoms with van der Waals surface area (Å²) in [4.78, 5) is 0. The Morgan fingerprint density at radius 1 is 1.26 bits per heavy atom. The van der Waals surface area contributed by atoms with Gasteiger partial charge in [0, 0.05) is 12.6 Å². The maximum absolute atomic E-state index is 9.86. The molecule has 0 spiro atoms. The van der Waals surface area contributed by atoms with E-state index in [9.17, 15) is 5.11 Å². The predicted molar refractivity (Wildman–Crippen MR) is 74.7 cm³/mol. The van der Waals surface area contributed by atoms with E-state index in [0.29, 0.717) is 12.5 Å². The molecule has 1 aromatic rings. The maximum Gasteiger partial charge on any atom is 0.161 e. The summed E-state index contributed by atoms with van der Waals surface area (Å²) < 4.78 is 10.5. The molecule has 1 aromatic carbocycles. The molecule has 2 N–H and O–H groups in total. The number of methoxy groups -OCH3 is 2. The highest BCUT2D eigenvalue weighted by molar-refractivity contribution is 5.43. The van der Waals surface area contributed by atoms with Gasteiger partial charge in [0.05, 0.1) is 20.3 Å². The van der Waals surface area contributed by atoms with Crippen LogP contribution in [-0.4, -0.2) is 32.0 Å². The summed E-state index contributed by atoms with van der Waals surface area (Å²) in [6.07, 6.45) is 2.10. The van der Waals surface area contributed by atoms with E-state index in [2.05, 4.69) is 12.2 Å². The van der Waals surface area contributed by atoms with Crippen LogP contribution in [0.25, 0.3) is 0 Å². The molecule has 1 aliphatic carbocycles. The number of benzene rings is 1. The fourth-order valence-electron chi connectivity index (χ4n) is 2.19. The van der Waals surface area contributed by atoms with Crippen molar-refractivity contribution in [2.24, 2.45) is 5.92 Å². The third kappa shape index (κ3) is 3.61. The molecule has 19 heavy (non-hydrogen) atoms. The van der Waals surface area contributed by atoms with Crippen molar-refractivity contribution in [3.8, 4) is 11.5 Å². The molecular weight excluding hydrogens is 242 g/mol. The molecule has 4 heteroatoms. The molecule has 0 aliphatic heterocycles. The zero-order valence-electron chi connectivity index (χ0n) is 11.8. The lowest BCUT2D eigenvalue weighted by Gasteiger charge is -2.18. The third-order valence-corrected chi connectivity index (χ3v) is 3.71. The second-order valence-corrected chi connectivity index (χ2v) is 5.15. The van der Waals surface area contributed by atoms with E-state index in [-0.39, 0.29) is 12.1 Å². The van der Waals surface area contributed by atoms with E-state index >= 15 is 0 Å². The van der Waals surface area contributed by atoms with E-state index in [4.69, 9.17) is 9.47 Å². The highest BCUT2D eigenvalue weighted by Gasteiger charge is 2.29. The Hall–Kier alpha value is -1.26. The Morgan fingerprint density at radius 3 is 2.53 bits per heavy atom. The minimum atomic E-state index is -0.220.